The molecule has 6 rings (SSSR count). The van der Waals surface area contributed by atoms with Crippen LogP contribution in [0.5, 0.6) is 5.75 Å². The Morgan fingerprint density at radius 1 is 1.08 bits per heavy atom. The van der Waals surface area contributed by atoms with E-state index >= 15 is 0 Å². The van der Waals surface area contributed by atoms with Crippen LogP contribution in [0.2, 0.25) is 0 Å². The molecule has 2 heterocycles. The minimum absolute atomic E-state index is 0.0438. The number of nitrogens with zero attached hydrogens (tertiary/aromatic N) is 2. The number of benzene rings is 2. The van der Waals surface area contributed by atoms with Crippen molar-refractivity contribution in [2.75, 3.05) is 39.5 Å². The van der Waals surface area contributed by atoms with E-state index in [-0.39, 0.29) is 22.9 Å². The number of carbonyl (C=O) groups is 1. The third-order valence-corrected chi connectivity index (χ3v) is 8.04. The minimum atomic E-state index is -0.138. The summed E-state index contributed by atoms with van der Waals surface area (Å²) >= 11 is 0. The molecular weight excluding hydrogens is 456 g/mol. The first kappa shape index (κ1) is 23.2. The Morgan fingerprint density at radius 3 is 2.67 bits per heavy atom. The van der Waals surface area contributed by atoms with Gasteiger partial charge in [0.2, 0.25) is 0 Å². The maximum atomic E-state index is 12.9. The number of ether oxygens (including phenoxy) is 2. The van der Waals surface area contributed by atoms with E-state index < -0.39 is 0 Å². The highest BCUT2D eigenvalue weighted by Gasteiger charge is 2.54. The van der Waals surface area contributed by atoms with Crippen molar-refractivity contribution in [3.63, 3.8) is 0 Å². The lowest BCUT2D eigenvalue weighted by Crippen LogP contribution is -2.55. The highest BCUT2D eigenvalue weighted by Crippen LogP contribution is 2.62. The maximum Gasteiger partial charge on any atom is 0.272 e. The van der Waals surface area contributed by atoms with Crippen LogP contribution >= 0.6 is 0 Å². The van der Waals surface area contributed by atoms with Crippen LogP contribution < -0.4 is 15.6 Å². The molecule has 1 aromatic heterocycles. The number of carbonyl (C=O) groups excluding carboxylic acids is 1. The Hall–Kier alpha value is -3.23. The van der Waals surface area contributed by atoms with E-state index in [1.54, 1.807) is 0 Å². The molecule has 2 saturated carbocycles. The average molecular weight is 489 g/mol. The van der Waals surface area contributed by atoms with Gasteiger partial charge in [0.1, 0.15) is 12.4 Å². The van der Waals surface area contributed by atoms with Crippen molar-refractivity contribution in [2.24, 2.45) is 5.41 Å². The first-order chi connectivity index (χ1) is 17.6. The van der Waals surface area contributed by atoms with Crippen LogP contribution in [0.15, 0.2) is 53.3 Å². The van der Waals surface area contributed by atoms with Gasteiger partial charge in [0.15, 0.2) is 0 Å². The van der Waals surface area contributed by atoms with Gasteiger partial charge < -0.3 is 14.8 Å². The average Bonchev–Trinajstić information content (AvgIpc) is 2.86. The number of rotatable bonds is 7. The van der Waals surface area contributed by atoms with Crippen molar-refractivity contribution in [2.45, 2.75) is 37.6 Å². The summed E-state index contributed by atoms with van der Waals surface area (Å²) in [4.78, 5) is 27.3. The molecule has 36 heavy (non-hydrogen) atoms. The number of aromatic amines is 1. The van der Waals surface area contributed by atoms with Crippen molar-refractivity contribution in [3.8, 4) is 5.75 Å². The van der Waals surface area contributed by atoms with E-state index in [0.717, 1.165) is 75.4 Å². The van der Waals surface area contributed by atoms with Gasteiger partial charge >= 0.3 is 0 Å². The molecular formula is C28H32N4O4. The van der Waals surface area contributed by atoms with Crippen LogP contribution in [0.1, 0.15) is 47.7 Å². The Labute approximate surface area is 210 Å². The summed E-state index contributed by atoms with van der Waals surface area (Å²) < 4.78 is 11.3. The smallest absolute Gasteiger partial charge is 0.272 e. The molecule has 0 bridgehead atoms. The third-order valence-electron chi connectivity index (χ3n) is 8.04. The number of hydrogen-bond donors (Lipinski definition) is 2. The van der Waals surface area contributed by atoms with Crippen LogP contribution in [0.25, 0.3) is 10.8 Å². The largest absolute Gasteiger partial charge is 0.492 e. The van der Waals surface area contributed by atoms with Crippen molar-refractivity contribution in [1.82, 2.24) is 20.4 Å². The SMILES string of the molecule is O=C(NC1CC2(C1)CC(c1n[nH]c(=O)c3ccccc13)C2)c1cccc(OCCN2CCOCC2)c1. The monoisotopic (exact) mass is 488 g/mol. The van der Waals surface area contributed by atoms with E-state index in [1.807, 2.05) is 48.5 Å². The summed E-state index contributed by atoms with van der Waals surface area (Å²) in [5.74, 6) is 1.04. The fourth-order valence-corrected chi connectivity index (χ4v) is 6.16. The van der Waals surface area contributed by atoms with Gasteiger partial charge in [-0.1, -0.05) is 24.3 Å². The lowest BCUT2D eigenvalue weighted by molar-refractivity contribution is -0.0196. The zero-order chi connectivity index (χ0) is 24.5. The van der Waals surface area contributed by atoms with Crippen molar-refractivity contribution in [1.29, 1.82) is 0 Å². The fourth-order valence-electron chi connectivity index (χ4n) is 6.16. The number of nitrogens with one attached hydrogen (secondary N) is 2. The summed E-state index contributed by atoms with van der Waals surface area (Å²) in [6, 6.07) is 15.3. The van der Waals surface area contributed by atoms with Crippen LogP contribution in [0, 0.1) is 5.41 Å². The zero-order valence-electron chi connectivity index (χ0n) is 20.4. The van der Waals surface area contributed by atoms with Gasteiger partial charge in [0.05, 0.1) is 24.3 Å². The normalized spacial score (nSPS) is 25.8. The van der Waals surface area contributed by atoms with Crippen LogP contribution in [0.4, 0.5) is 0 Å². The van der Waals surface area contributed by atoms with Gasteiger partial charge in [-0.15, -0.1) is 0 Å². The predicted molar refractivity (Wildman–Crippen MR) is 136 cm³/mol. The predicted octanol–water partition coefficient (Wildman–Crippen LogP) is 3.09. The lowest BCUT2D eigenvalue weighted by Gasteiger charge is -2.57. The molecule has 1 saturated heterocycles. The molecule has 0 unspecified atom stereocenters. The molecule has 2 aliphatic carbocycles. The molecule has 188 valence electrons. The molecule has 0 atom stereocenters. The Kier molecular flexibility index (Phi) is 6.23. The van der Waals surface area contributed by atoms with Gasteiger partial charge in [-0.3, -0.25) is 14.5 Å². The molecule has 1 amide bonds. The van der Waals surface area contributed by atoms with Gasteiger partial charge in [-0.2, -0.15) is 5.10 Å². The van der Waals surface area contributed by atoms with Crippen LogP contribution in [-0.4, -0.2) is 66.5 Å². The highest BCUT2D eigenvalue weighted by molar-refractivity contribution is 5.94. The summed E-state index contributed by atoms with van der Waals surface area (Å²) in [6.07, 6.45) is 4.09. The number of morpholine rings is 1. The first-order valence-corrected chi connectivity index (χ1v) is 12.9. The number of hydrogen-bond acceptors (Lipinski definition) is 6. The number of fused-ring (bicyclic) bond motifs is 1. The van der Waals surface area contributed by atoms with E-state index in [1.165, 1.54) is 0 Å². The first-order valence-electron chi connectivity index (χ1n) is 12.9. The Balaban J connectivity index is 0.991. The molecule has 2 aromatic carbocycles. The topological polar surface area (TPSA) is 96.5 Å². The molecule has 3 aliphatic rings. The van der Waals surface area contributed by atoms with Crippen molar-refractivity contribution < 1.29 is 14.3 Å². The van der Waals surface area contributed by atoms with Crippen molar-refractivity contribution >= 4 is 16.7 Å². The quantitative estimate of drug-likeness (QED) is 0.531. The minimum Gasteiger partial charge on any atom is -0.492 e. The van der Waals surface area contributed by atoms with Gasteiger partial charge in [0, 0.05) is 42.5 Å². The van der Waals surface area contributed by atoms with Crippen LogP contribution in [0.3, 0.4) is 0 Å². The lowest BCUT2D eigenvalue weighted by atomic mass is 9.49. The number of amides is 1. The zero-order valence-corrected chi connectivity index (χ0v) is 20.4. The van der Waals surface area contributed by atoms with Gasteiger partial charge in [0.25, 0.3) is 11.5 Å². The third kappa shape index (κ3) is 4.63. The standard InChI is InChI=1S/C28H32N4O4/c33-26(19-4-3-5-22(14-19)36-13-10-32-8-11-35-12-9-32)29-21-17-28(18-21)15-20(16-28)25-23-6-1-2-7-24(23)27(34)31-30-25/h1-7,14,20-21H,8-13,15-18H2,(H,29,33)(H,31,34). The number of H-pyrrole nitrogens is 1. The molecule has 0 radical (unpaired) electrons. The second-order valence-corrected chi connectivity index (χ2v) is 10.5. The Morgan fingerprint density at radius 2 is 1.86 bits per heavy atom. The molecule has 8 nitrogen and oxygen atoms in total. The van der Waals surface area contributed by atoms with Crippen LogP contribution in [-0.2, 0) is 4.74 Å². The number of aromatic nitrogens is 2. The van der Waals surface area contributed by atoms with E-state index in [4.69, 9.17) is 9.47 Å². The molecule has 8 heteroatoms. The summed E-state index contributed by atoms with van der Waals surface area (Å²) in [5, 5.41) is 11.9. The fraction of sp³-hybridized carbons (Fsp3) is 0.464. The molecule has 3 aromatic rings. The maximum absolute atomic E-state index is 12.9. The molecule has 3 fully saturated rings. The highest BCUT2D eigenvalue weighted by atomic mass is 16.5. The molecule has 1 aliphatic heterocycles. The van der Waals surface area contributed by atoms with Crippen molar-refractivity contribution in [3.05, 3.63) is 70.1 Å². The summed E-state index contributed by atoms with van der Waals surface area (Å²) in [5.41, 5.74) is 1.77. The summed E-state index contributed by atoms with van der Waals surface area (Å²) in [6.45, 7) is 4.88. The van der Waals surface area contributed by atoms with E-state index in [0.29, 0.717) is 23.5 Å². The van der Waals surface area contributed by atoms with E-state index in [2.05, 4.69) is 20.4 Å². The second kappa shape index (κ2) is 9.67. The molecule has 2 N–H and O–H groups in total. The summed E-state index contributed by atoms with van der Waals surface area (Å²) in [7, 11) is 0. The Bertz CT molecular complexity index is 1300. The van der Waals surface area contributed by atoms with Gasteiger partial charge in [-0.05, 0) is 55.4 Å². The second-order valence-electron chi connectivity index (χ2n) is 10.5. The van der Waals surface area contributed by atoms with Gasteiger partial charge in [-0.25, -0.2) is 5.10 Å². The van der Waals surface area contributed by atoms with E-state index in [9.17, 15) is 9.59 Å². The molecule has 1 spiro atoms.